The van der Waals surface area contributed by atoms with Crippen molar-refractivity contribution in [2.24, 2.45) is 0 Å². The maximum Gasteiger partial charge on any atom is 0.102 e. The van der Waals surface area contributed by atoms with Gasteiger partial charge in [0.2, 0.25) is 0 Å². The van der Waals surface area contributed by atoms with Crippen molar-refractivity contribution >= 4 is 45.0 Å². The van der Waals surface area contributed by atoms with Gasteiger partial charge in [-0.05, 0) is 49.4 Å². The summed E-state index contributed by atoms with van der Waals surface area (Å²) in [5.41, 5.74) is 5.89. The van der Waals surface area contributed by atoms with Gasteiger partial charge >= 0.3 is 0 Å². The third-order valence-electron chi connectivity index (χ3n) is 4.83. The zero-order valence-electron chi connectivity index (χ0n) is 15.0. The van der Waals surface area contributed by atoms with Crippen LogP contribution in [0.1, 0.15) is 5.56 Å². The van der Waals surface area contributed by atoms with Gasteiger partial charge in [0, 0.05) is 32.6 Å². The molecule has 0 saturated carbocycles. The van der Waals surface area contributed by atoms with Gasteiger partial charge in [0.25, 0.3) is 0 Å². The molecular formula is C23H15Cl2N3. The number of pyridine rings is 1. The van der Waals surface area contributed by atoms with Crippen LogP contribution in [0.15, 0.2) is 72.9 Å². The summed E-state index contributed by atoms with van der Waals surface area (Å²) >= 11 is 12.3. The highest BCUT2D eigenvalue weighted by atomic mass is 35.5. The van der Waals surface area contributed by atoms with Crippen molar-refractivity contribution in [1.29, 1.82) is 0 Å². The number of fused-ring (bicyclic) bond motifs is 3. The predicted molar refractivity (Wildman–Crippen MR) is 117 cm³/mol. The minimum atomic E-state index is 0.670. The Kier molecular flexibility index (Phi) is 4.08. The molecule has 136 valence electrons. The van der Waals surface area contributed by atoms with Crippen LogP contribution in [-0.4, -0.2) is 14.8 Å². The van der Waals surface area contributed by atoms with Crippen LogP contribution in [0.5, 0.6) is 0 Å². The van der Waals surface area contributed by atoms with E-state index in [-0.39, 0.29) is 0 Å². The fraction of sp³-hybridized carbons (Fsp3) is 0.0435. The number of rotatable bonds is 2. The largest absolute Gasteiger partial charge is 0.255 e. The quantitative estimate of drug-likeness (QED) is 0.322. The van der Waals surface area contributed by atoms with Gasteiger partial charge in [0.05, 0.1) is 16.7 Å². The standard InChI is InChI=1S/C23H15Cl2N3/c1-14-5-10-21-19(11-14)23-20(13-26-21)22(15-6-8-16(24)9-7-15)27-28(23)18-4-2-3-17(25)12-18/h2-13H,1H3. The van der Waals surface area contributed by atoms with Crippen LogP contribution in [0.4, 0.5) is 0 Å². The summed E-state index contributed by atoms with van der Waals surface area (Å²) in [7, 11) is 0. The van der Waals surface area contributed by atoms with E-state index in [9.17, 15) is 0 Å². The van der Waals surface area contributed by atoms with Crippen LogP contribution in [0.3, 0.4) is 0 Å². The molecule has 0 fully saturated rings. The zero-order valence-corrected chi connectivity index (χ0v) is 16.5. The third-order valence-corrected chi connectivity index (χ3v) is 5.32. The maximum absolute atomic E-state index is 6.26. The van der Waals surface area contributed by atoms with Crippen molar-refractivity contribution in [2.45, 2.75) is 6.92 Å². The molecule has 0 atom stereocenters. The molecular weight excluding hydrogens is 389 g/mol. The molecule has 0 aliphatic heterocycles. The molecule has 3 nitrogen and oxygen atoms in total. The molecule has 5 rings (SSSR count). The summed E-state index contributed by atoms with van der Waals surface area (Å²) in [6.07, 6.45) is 1.89. The first-order valence-corrected chi connectivity index (χ1v) is 9.66. The first kappa shape index (κ1) is 17.2. The Morgan fingerprint density at radius 1 is 0.821 bits per heavy atom. The summed E-state index contributed by atoms with van der Waals surface area (Å²) in [6.45, 7) is 2.08. The molecule has 0 saturated heterocycles. The van der Waals surface area contributed by atoms with Crippen molar-refractivity contribution in [1.82, 2.24) is 14.8 Å². The van der Waals surface area contributed by atoms with Gasteiger partial charge in [0.15, 0.2) is 0 Å². The number of nitrogens with zero attached hydrogens (tertiary/aromatic N) is 3. The third kappa shape index (κ3) is 2.84. The second-order valence-electron chi connectivity index (χ2n) is 6.79. The van der Waals surface area contributed by atoms with Crippen molar-refractivity contribution in [3.05, 3.63) is 88.5 Å². The van der Waals surface area contributed by atoms with E-state index in [1.165, 1.54) is 5.56 Å². The van der Waals surface area contributed by atoms with Crippen molar-refractivity contribution in [3.63, 3.8) is 0 Å². The van der Waals surface area contributed by atoms with Gasteiger partial charge in [-0.3, -0.25) is 4.98 Å². The van der Waals surface area contributed by atoms with Gasteiger partial charge in [-0.25, -0.2) is 4.68 Å². The van der Waals surface area contributed by atoms with Gasteiger partial charge in [-0.1, -0.05) is 53.0 Å². The average Bonchev–Trinajstić information content (AvgIpc) is 3.09. The normalized spacial score (nSPS) is 11.4. The molecule has 0 amide bonds. The summed E-state index contributed by atoms with van der Waals surface area (Å²) in [5.74, 6) is 0. The van der Waals surface area contributed by atoms with Crippen LogP contribution in [-0.2, 0) is 0 Å². The lowest BCUT2D eigenvalue weighted by Crippen LogP contribution is -1.97. The summed E-state index contributed by atoms with van der Waals surface area (Å²) in [5, 5.41) is 8.37. The number of halogens is 2. The lowest BCUT2D eigenvalue weighted by Gasteiger charge is -2.07. The second-order valence-corrected chi connectivity index (χ2v) is 7.66. The first-order valence-electron chi connectivity index (χ1n) is 8.90. The molecule has 2 aromatic heterocycles. The van der Waals surface area contributed by atoms with Crippen LogP contribution in [0, 0.1) is 6.92 Å². The predicted octanol–water partition coefficient (Wildman–Crippen LogP) is 6.86. The average molecular weight is 404 g/mol. The van der Waals surface area contributed by atoms with E-state index in [2.05, 4.69) is 24.0 Å². The SMILES string of the molecule is Cc1ccc2ncc3c(-c4ccc(Cl)cc4)nn(-c4cccc(Cl)c4)c3c2c1. The monoisotopic (exact) mass is 403 g/mol. The topological polar surface area (TPSA) is 30.7 Å². The Morgan fingerprint density at radius 2 is 1.64 bits per heavy atom. The van der Waals surface area contributed by atoms with Crippen LogP contribution >= 0.6 is 23.2 Å². The molecule has 0 N–H and O–H groups in total. The second kappa shape index (κ2) is 6.62. The summed E-state index contributed by atoms with van der Waals surface area (Å²) in [4.78, 5) is 4.67. The molecule has 0 aliphatic carbocycles. The first-order chi connectivity index (χ1) is 13.6. The Morgan fingerprint density at radius 3 is 2.43 bits per heavy atom. The Labute approximate surface area is 172 Å². The minimum absolute atomic E-state index is 0.670. The lowest BCUT2D eigenvalue weighted by molar-refractivity contribution is 0.918. The Hall–Kier alpha value is -2.88. The zero-order chi connectivity index (χ0) is 19.3. The van der Waals surface area contributed by atoms with E-state index in [1.54, 1.807) is 0 Å². The molecule has 2 heterocycles. The minimum Gasteiger partial charge on any atom is -0.255 e. The number of benzene rings is 3. The van der Waals surface area contributed by atoms with Crippen LogP contribution < -0.4 is 0 Å². The molecule has 5 aromatic rings. The van der Waals surface area contributed by atoms with E-state index < -0.39 is 0 Å². The van der Waals surface area contributed by atoms with Crippen LogP contribution in [0.2, 0.25) is 10.0 Å². The molecule has 0 aliphatic rings. The Balaban J connectivity index is 1.91. The summed E-state index contributed by atoms with van der Waals surface area (Å²) in [6, 6.07) is 21.7. The van der Waals surface area contributed by atoms with Crippen molar-refractivity contribution in [2.75, 3.05) is 0 Å². The summed E-state index contributed by atoms with van der Waals surface area (Å²) < 4.78 is 1.95. The van der Waals surface area contributed by atoms with E-state index in [1.807, 2.05) is 65.5 Å². The van der Waals surface area contributed by atoms with E-state index in [0.29, 0.717) is 10.0 Å². The highest BCUT2D eigenvalue weighted by molar-refractivity contribution is 6.31. The van der Waals surface area contributed by atoms with Crippen molar-refractivity contribution in [3.8, 4) is 16.9 Å². The highest BCUT2D eigenvalue weighted by Gasteiger charge is 2.17. The number of hydrogen-bond donors (Lipinski definition) is 0. The maximum atomic E-state index is 6.26. The van der Waals surface area contributed by atoms with Gasteiger partial charge < -0.3 is 0 Å². The molecule has 0 spiro atoms. The van der Waals surface area contributed by atoms with E-state index in [4.69, 9.17) is 28.3 Å². The van der Waals surface area contributed by atoms with Gasteiger partial charge in [-0.15, -0.1) is 0 Å². The molecule has 0 radical (unpaired) electrons. The molecule has 3 aromatic carbocycles. The Bertz CT molecular complexity index is 1340. The van der Waals surface area contributed by atoms with Gasteiger partial charge in [-0.2, -0.15) is 5.10 Å². The number of aromatic nitrogens is 3. The lowest BCUT2D eigenvalue weighted by atomic mass is 10.1. The molecule has 28 heavy (non-hydrogen) atoms. The fourth-order valence-corrected chi connectivity index (χ4v) is 3.82. The number of aryl methyl sites for hydroxylation is 1. The fourth-order valence-electron chi connectivity index (χ4n) is 3.51. The van der Waals surface area contributed by atoms with E-state index >= 15 is 0 Å². The van der Waals surface area contributed by atoms with Gasteiger partial charge in [0.1, 0.15) is 5.69 Å². The molecule has 5 heteroatoms. The van der Waals surface area contributed by atoms with Crippen LogP contribution in [0.25, 0.3) is 38.8 Å². The van der Waals surface area contributed by atoms with Crippen molar-refractivity contribution < 1.29 is 0 Å². The highest BCUT2D eigenvalue weighted by Crippen LogP contribution is 2.34. The smallest absolute Gasteiger partial charge is 0.102 e. The van der Waals surface area contributed by atoms with E-state index in [0.717, 1.165) is 38.8 Å². The molecule has 0 unspecified atom stereocenters. The number of hydrogen-bond acceptors (Lipinski definition) is 2. The molecule has 0 bridgehead atoms.